The largest absolute Gasteiger partial charge is 0.386 e. The molecule has 4 nitrogen and oxygen atoms in total. The van der Waals surface area contributed by atoms with Crippen molar-refractivity contribution in [2.45, 2.75) is 32.3 Å². The fourth-order valence-electron chi connectivity index (χ4n) is 1.49. The molecule has 0 aliphatic heterocycles. The predicted octanol–water partition coefficient (Wildman–Crippen LogP) is 1.99. The van der Waals surface area contributed by atoms with Gasteiger partial charge < -0.3 is 5.11 Å². The van der Waals surface area contributed by atoms with Crippen LogP contribution in [0.25, 0.3) is 0 Å². The highest BCUT2D eigenvalue weighted by Gasteiger charge is 2.15. The Kier molecular flexibility index (Phi) is 4.53. The van der Waals surface area contributed by atoms with E-state index in [9.17, 15) is 13.5 Å². The standard InChI is InChI=1S/C13H20O4S/c1-13(2,3)11-7-5-10(6-8-11)12(14)9-17-18(4,15)16/h5-8,12,14H,9H2,1-4H3. The van der Waals surface area contributed by atoms with Crippen LogP contribution in [0.1, 0.15) is 38.0 Å². The van der Waals surface area contributed by atoms with Crippen LogP contribution in [0.3, 0.4) is 0 Å². The maximum Gasteiger partial charge on any atom is 0.264 e. The molecule has 1 aromatic rings. The van der Waals surface area contributed by atoms with Crippen molar-refractivity contribution in [1.29, 1.82) is 0 Å². The molecule has 0 heterocycles. The molecule has 1 rings (SSSR count). The minimum absolute atomic E-state index is 0.0484. The first-order valence-electron chi connectivity index (χ1n) is 5.72. The van der Waals surface area contributed by atoms with Crippen LogP contribution in [0.4, 0.5) is 0 Å². The van der Waals surface area contributed by atoms with Gasteiger partial charge in [-0.25, -0.2) is 0 Å². The van der Waals surface area contributed by atoms with E-state index in [4.69, 9.17) is 0 Å². The number of aliphatic hydroxyl groups is 1. The van der Waals surface area contributed by atoms with Gasteiger partial charge in [-0.3, -0.25) is 4.18 Å². The molecular weight excluding hydrogens is 252 g/mol. The first-order chi connectivity index (χ1) is 8.09. The van der Waals surface area contributed by atoms with Crippen LogP contribution >= 0.6 is 0 Å². The van der Waals surface area contributed by atoms with Crippen LogP contribution < -0.4 is 0 Å². The van der Waals surface area contributed by atoms with E-state index in [1.54, 1.807) is 12.1 Å². The van der Waals surface area contributed by atoms with Crippen molar-refractivity contribution < 1.29 is 17.7 Å². The lowest BCUT2D eigenvalue weighted by Crippen LogP contribution is -2.13. The topological polar surface area (TPSA) is 63.6 Å². The van der Waals surface area contributed by atoms with Crippen molar-refractivity contribution in [3.8, 4) is 0 Å². The molecule has 1 atom stereocenters. The summed E-state index contributed by atoms with van der Waals surface area (Å²) in [6.45, 7) is 6.05. The van der Waals surface area contributed by atoms with Crippen LogP contribution in [0.5, 0.6) is 0 Å². The average Bonchev–Trinajstić information content (AvgIpc) is 2.24. The summed E-state index contributed by atoms with van der Waals surface area (Å²) in [7, 11) is -3.52. The molecule has 1 aromatic carbocycles. The highest BCUT2D eigenvalue weighted by atomic mass is 32.2. The molecule has 18 heavy (non-hydrogen) atoms. The van der Waals surface area contributed by atoms with E-state index in [2.05, 4.69) is 25.0 Å². The predicted molar refractivity (Wildman–Crippen MR) is 70.9 cm³/mol. The summed E-state index contributed by atoms with van der Waals surface area (Å²) >= 11 is 0. The zero-order valence-electron chi connectivity index (χ0n) is 11.2. The Hall–Kier alpha value is -0.910. The van der Waals surface area contributed by atoms with E-state index in [-0.39, 0.29) is 12.0 Å². The zero-order valence-corrected chi connectivity index (χ0v) is 12.0. The molecule has 0 aromatic heterocycles. The van der Waals surface area contributed by atoms with Crippen molar-refractivity contribution in [2.75, 3.05) is 12.9 Å². The molecule has 0 radical (unpaired) electrons. The number of rotatable bonds is 4. The van der Waals surface area contributed by atoms with Crippen LogP contribution in [-0.2, 0) is 19.7 Å². The summed E-state index contributed by atoms with van der Waals surface area (Å²) < 4.78 is 26.2. The Morgan fingerprint density at radius 3 is 2.11 bits per heavy atom. The van der Waals surface area contributed by atoms with Crippen LogP contribution in [0.2, 0.25) is 0 Å². The summed E-state index contributed by atoms with van der Waals surface area (Å²) in [5.41, 5.74) is 1.85. The Morgan fingerprint density at radius 1 is 1.22 bits per heavy atom. The van der Waals surface area contributed by atoms with Crippen molar-refractivity contribution in [1.82, 2.24) is 0 Å². The van der Waals surface area contributed by atoms with Gasteiger partial charge in [0.15, 0.2) is 0 Å². The molecule has 0 bridgehead atoms. The Bertz CT molecular complexity index is 483. The number of hydrogen-bond acceptors (Lipinski definition) is 4. The molecule has 1 unspecified atom stereocenters. The van der Waals surface area contributed by atoms with Crippen LogP contribution in [-0.4, -0.2) is 26.4 Å². The molecule has 0 fully saturated rings. The van der Waals surface area contributed by atoms with Gasteiger partial charge in [-0.1, -0.05) is 45.0 Å². The van der Waals surface area contributed by atoms with Gasteiger partial charge in [0, 0.05) is 0 Å². The summed E-state index contributed by atoms with van der Waals surface area (Å²) in [4.78, 5) is 0. The molecule has 0 aliphatic rings. The SMILES string of the molecule is CC(C)(C)c1ccc(C(O)COS(C)(=O)=O)cc1. The highest BCUT2D eigenvalue weighted by Crippen LogP contribution is 2.24. The van der Waals surface area contributed by atoms with Crippen molar-refractivity contribution in [3.05, 3.63) is 35.4 Å². The summed E-state index contributed by atoms with van der Waals surface area (Å²) in [6, 6.07) is 7.44. The van der Waals surface area contributed by atoms with Crippen LogP contribution in [0, 0.1) is 0 Å². The molecule has 0 amide bonds. The molecule has 0 spiro atoms. The van der Waals surface area contributed by atoms with Gasteiger partial charge in [-0.2, -0.15) is 8.42 Å². The highest BCUT2D eigenvalue weighted by molar-refractivity contribution is 7.85. The van der Waals surface area contributed by atoms with E-state index in [1.165, 1.54) is 0 Å². The Balaban J connectivity index is 2.74. The minimum atomic E-state index is -3.52. The molecule has 0 saturated carbocycles. The Labute approximate surface area is 109 Å². The van der Waals surface area contributed by atoms with Crippen LogP contribution in [0.15, 0.2) is 24.3 Å². The van der Waals surface area contributed by atoms with E-state index in [0.29, 0.717) is 5.56 Å². The van der Waals surface area contributed by atoms with E-state index in [0.717, 1.165) is 11.8 Å². The maximum atomic E-state index is 10.8. The monoisotopic (exact) mass is 272 g/mol. The molecule has 0 aliphatic carbocycles. The quantitative estimate of drug-likeness (QED) is 0.851. The van der Waals surface area contributed by atoms with E-state index < -0.39 is 16.2 Å². The van der Waals surface area contributed by atoms with Crippen molar-refractivity contribution in [3.63, 3.8) is 0 Å². The molecule has 5 heteroatoms. The second-order valence-corrected chi connectivity index (χ2v) is 7.02. The van der Waals surface area contributed by atoms with Gasteiger partial charge in [-0.15, -0.1) is 0 Å². The van der Waals surface area contributed by atoms with Gasteiger partial charge in [0.2, 0.25) is 0 Å². The summed E-state index contributed by atoms with van der Waals surface area (Å²) in [6.07, 6.45) is 0.0244. The minimum Gasteiger partial charge on any atom is -0.386 e. The molecule has 0 saturated heterocycles. The first-order valence-corrected chi connectivity index (χ1v) is 7.54. The van der Waals surface area contributed by atoms with Crippen molar-refractivity contribution >= 4 is 10.1 Å². The Morgan fingerprint density at radius 2 is 1.72 bits per heavy atom. The fourth-order valence-corrected chi connectivity index (χ4v) is 1.87. The second-order valence-electron chi connectivity index (χ2n) is 5.38. The fraction of sp³-hybridized carbons (Fsp3) is 0.538. The van der Waals surface area contributed by atoms with Gasteiger partial charge in [0.1, 0.15) is 6.10 Å². The third-order valence-electron chi connectivity index (χ3n) is 2.60. The molecule has 102 valence electrons. The number of hydrogen-bond donors (Lipinski definition) is 1. The average molecular weight is 272 g/mol. The van der Waals surface area contributed by atoms with E-state index >= 15 is 0 Å². The smallest absolute Gasteiger partial charge is 0.264 e. The lowest BCUT2D eigenvalue weighted by Gasteiger charge is -2.20. The van der Waals surface area contributed by atoms with E-state index in [1.807, 2.05) is 12.1 Å². The van der Waals surface area contributed by atoms with Gasteiger partial charge >= 0.3 is 0 Å². The third-order valence-corrected chi connectivity index (χ3v) is 3.17. The molecule has 1 N–H and O–H groups in total. The third kappa shape index (κ3) is 4.76. The zero-order chi connectivity index (χ0) is 14.0. The maximum absolute atomic E-state index is 10.8. The summed E-state index contributed by atoms with van der Waals surface area (Å²) in [5, 5.41) is 9.79. The lowest BCUT2D eigenvalue weighted by atomic mass is 9.86. The van der Waals surface area contributed by atoms with Gasteiger partial charge in [0.05, 0.1) is 12.9 Å². The first kappa shape index (κ1) is 15.1. The van der Waals surface area contributed by atoms with Gasteiger partial charge in [-0.05, 0) is 16.5 Å². The van der Waals surface area contributed by atoms with Crippen molar-refractivity contribution in [2.24, 2.45) is 0 Å². The molecular formula is C13H20O4S. The summed E-state index contributed by atoms with van der Waals surface area (Å²) in [5.74, 6) is 0. The normalized spacial score (nSPS) is 14.5. The van der Waals surface area contributed by atoms with Gasteiger partial charge in [0.25, 0.3) is 10.1 Å². The second kappa shape index (κ2) is 5.38. The number of benzene rings is 1. The number of aliphatic hydroxyl groups excluding tert-OH is 1. The lowest BCUT2D eigenvalue weighted by molar-refractivity contribution is 0.112.